The number of rotatable bonds is 7. The van der Waals surface area contributed by atoms with Gasteiger partial charge >= 0.3 is 0 Å². The van der Waals surface area contributed by atoms with Crippen LogP contribution in [0.2, 0.25) is 0 Å². The quantitative estimate of drug-likeness (QED) is 0.595. The smallest absolute Gasteiger partial charge is 0.224 e. The summed E-state index contributed by atoms with van der Waals surface area (Å²) in [5, 5.41) is 6.62. The van der Waals surface area contributed by atoms with Gasteiger partial charge in [0.1, 0.15) is 11.6 Å². The molecule has 0 radical (unpaired) electrons. The molecule has 0 bridgehead atoms. The maximum Gasteiger partial charge on any atom is 0.224 e. The van der Waals surface area contributed by atoms with Crippen molar-refractivity contribution in [3.05, 3.63) is 71.9 Å². The zero-order valence-corrected chi connectivity index (χ0v) is 17.0. The van der Waals surface area contributed by atoms with Crippen molar-refractivity contribution < 1.29 is 4.74 Å². The number of benzene rings is 2. The van der Waals surface area contributed by atoms with Gasteiger partial charge in [-0.1, -0.05) is 45.0 Å². The Balaban J connectivity index is 1.57. The van der Waals surface area contributed by atoms with Crippen LogP contribution in [-0.4, -0.2) is 23.6 Å². The summed E-state index contributed by atoms with van der Waals surface area (Å²) in [7, 11) is 1.68. The van der Waals surface area contributed by atoms with E-state index in [2.05, 4.69) is 71.7 Å². The molecule has 28 heavy (non-hydrogen) atoms. The van der Waals surface area contributed by atoms with Crippen molar-refractivity contribution in [1.29, 1.82) is 0 Å². The molecule has 0 saturated heterocycles. The average molecular weight is 377 g/mol. The van der Waals surface area contributed by atoms with Crippen LogP contribution in [0.25, 0.3) is 0 Å². The zero-order valence-electron chi connectivity index (χ0n) is 17.0. The molecule has 1 heterocycles. The second-order valence-corrected chi connectivity index (χ2v) is 7.75. The SMILES string of the molecule is COc1cccc(CCNc2nccc(Nc3ccc(C(C)(C)C)cc3)n2)c1. The molecule has 0 aliphatic heterocycles. The number of anilines is 3. The molecule has 0 fully saturated rings. The minimum Gasteiger partial charge on any atom is -0.497 e. The Morgan fingerprint density at radius 1 is 1.00 bits per heavy atom. The third-order valence-electron chi connectivity index (χ3n) is 4.51. The predicted molar refractivity (Wildman–Crippen MR) is 116 cm³/mol. The van der Waals surface area contributed by atoms with E-state index in [0.717, 1.165) is 30.2 Å². The number of nitrogens with one attached hydrogen (secondary N) is 2. The Kier molecular flexibility index (Phi) is 6.14. The van der Waals surface area contributed by atoms with E-state index in [1.54, 1.807) is 13.3 Å². The van der Waals surface area contributed by atoms with E-state index in [1.807, 2.05) is 24.3 Å². The number of hydrogen-bond donors (Lipinski definition) is 2. The molecule has 2 aromatic carbocycles. The first-order valence-corrected chi connectivity index (χ1v) is 9.51. The van der Waals surface area contributed by atoms with Crippen LogP contribution < -0.4 is 15.4 Å². The molecular weight excluding hydrogens is 348 g/mol. The van der Waals surface area contributed by atoms with Crippen LogP contribution in [0.15, 0.2) is 60.8 Å². The first-order valence-electron chi connectivity index (χ1n) is 9.51. The van der Waals surface area contributed by atoms with Gasteiger partial charge in [-0.05, 0) is 53.3 Å². The normalized spacial score (nSPS) is 11.1. The second kappa shape index (κ2) is 8.74. The van der Waals surface area contributed by atoms with Crippen molar-refractivity contribution in [2.24, 2.45) is 0 Å². The third kappa shape index (κ3) is 5.46. The highest BCUT2D eigenvalue weighted by atomic mass is 16.5. The molecule has 2 N–H and O–H groups in total. The highest BCUT2D eigenvalue weighted by Gasteiger charge is 2.12. The van der Waals surface area contributed by atoms with E-state index < -0.39 is 0 Å². The largest absolute Gasteiger partial charge is 0.497 e. The maximum absolute atomic E-state index is 5.26. The Labute approximate surface area is 167 Å². The van der Waals surface area contributed by atoms with Gasteiger partial charge in [-0.3, -0.25) is 0 Å². The molecule has 5 nitrogen and oxygen atoms in total. The van der Waals surface area contributed by atoms with E-state index in [9.17, 15) is 0 Å². The van der Waals surface area contributed by atoms with Crippen molar-refractivity contribution in [2.45, 2.75) is 32.6 Å². The molecule has 0 amide bonds. The van der Waals surface area contributed by atoms with Gasteiger partial charge in [0, 0.05) is 18.4 Å². The number of ether oxygens (including phenoxy) is 1. The van der Waals surface area contributed by atoms with Crippen LogP contribution in [0.1, 0.15) is 31.9 Å². The molecule has 1 aromatic heterocycles. The van der Waals surface area contributed by atoms with Gasteiger partial charge in [0.15, 0.2) is 0 Å². The maximum atomic E-state index is 5.26. The topological polar surface area (TPSA) is 59.1 Å². The summed E-state index contributed by atoms with van der Waals surface area (Å²) in [6, 6.07) is 18.4. The Hall–Kier alpha value is -3.08. The minimum atomic E-state index is 0.146. The minimum absolute atomic E-state index is 0.146. The Morgan fingerprint density at radius 3 is 2.50 bits per heavy atom. The molecule has 0 spiro atoms. The van der Waals surface area contributed by atoms with Gasteiger partial charge in [0.2, 0.25) is 5.95 Å². The van der Waals surface area contributed by atoms with Gasteiger partial charge in [-0.2, -0.15) is 4.98 Å². The first-order chi connectivity index (χ1) is 13.4. The van der Waals surface area contributed by atoms with Gasteiger partial charge in [-0.15, -0.1) is 0 Å². The highest BCUT2D eigenvalue weighted by Crippen LogP contribution is 2.24. The van der Waals surface area contributed by atoms with Crippen LogP contribution in [0, 0.1) is 0 Å². The van der Waals surface area contributed by atoms with Crippen molar-refractivity contribution in [2.75, 3.05) is 24.3 Å². The number of aromatic nitrogens is 2. The van der Waals surface area contributed by atoms with E-state index in [4.69, 9.17) is 4.74 Å². The van der Waals surface area contributed by atoms with Gasteiger partial charge in [0.25, 0.3) is 0 Å². The lowest BCUT2D eigenvalue weighted by molar-refractivity contribution is 0.414. The fourth-order valence-electron chi connectivity index (χ4n) is 2.86. The fourth-order valence-corrected chi connectivity index (χ4v) is 2.86. The van der Waals surface area contributed by atoms with E-state index in [-0.39, 0.29) is 5.41 Å². The summed E-state index contributed by atoms with van der Waals surface area (Å²) in [6.45, 7) is 7.38. The fraction of sp³-hybridized carbons (Fsp3) is 0.304. The monoisotopic (exact) mass is 376 g/mol. The first kappa shape index (κ1) is 19.7. The summed E-state index contributed by atoms with van der Waals surface area (Å²) in [5.41, 5.74) is 3.67. The van der Waals surface area contributed by atoms with Crippen LogP contribution in [-0.2, 0) is 11.8 Å². The molecule has 3 rings (SSSR count). The standard InChI is InChI=1S/C23H28N4O/c1-23(2,3)18-8-10-19(11-9-18)26-21-13-15-25-22(27-21)24-14-12-17-6-5-7-20(16-17)28-4/h5-11,13,15-16H,12,14H2,1-4H3,(H2,24,25,26,27). The second-order valence-electron chi connectivity index (χ2n) is 7.75. The van der Waals surface area contributed by atoms with E-state index in [1.165, 1.54) is 11.1 Å². The summed E-state index contributed by atoms with van der Waals surface area (Å²) >= 11 is 0. The van der Waals surface area contributed by atoms with Crippen molar-refractivity contribution in [3.63, 3.8) is 0 Å². The molecule has 0 atom stereocenters. The van der Waals surface area contributed by atoms with Gasteiger partial charge < -0.3 is 15.4 Å². The van der Waals surface area contributed by atoms with Crippen LogP contribution in [0.3, 0.4) is 0 Å². The zero-order chi connectivity index (χ0) is 20.0. The predicted octanol–water partition coefficient (Wildman–Crippen LogP) is 5.18. The van der Waals surface area contributed by atoms with Crippen molar-refractivity contribution in [3.8, 4) is 5.75 Å². The van der Waals surface area contributed by atoms with Crippen LogP contribution in [0.4, 0.5) is 17.5 Å². The molecule has 0 saturated carbocycles. The summed E-state index contributed by atoms with van der Waals surface area (Å²) in [5.74, 6) is 2.25. The number of nitrogens with zero attached hydrogens (tertiary/aromatic N) is 2. The van der Waals surface area contributed by atoms with E-state index in [0.29, 0.717) is 5.95 Å². The summed E-state index contributed by atoms with van der Waals surface area (Å²) < 4.78 is 5.26. The third-order valence-corrected chi connectivity index (χ3v) is 4.51. The van der Waals surface area contributed by atoms with Crippen LogP contribution >= 0.6 is 0 Å². The van der Waals surface area contributed by atoms with Crippen molar-refractivity contribution in [1.82, 2.24) is 9.97 Å². The summed E-state index contributed by atoms with van der Waals surface area (Å²) in [6.07, 6.45) is 2.62. The molecular formula is C23H28N4O. The van der Waals surface area contributed by atoms with Gasteiger partial charge in [0.05, 0.1) is 7.11 Å². The number of hydrogen-bond acceptors (Lipinski definition) is 5. The highest BCUT2D eigenvalue weighted by molar-refractivity contribution is 5.57. The van der Waals surface area contributed by atoms with E-state index >= 15 is 0 Å². The molecule has 0 aliphatic rings. The molecule has 3 aromatic rings. The molecule has 146 valence electrons. The lowest BCUT2D eigenvalue weighted by Crippen LogP contribution is -2.10. The summed E-state index contributed by atoms with van der Waals surface area (Å²) in [4.78, 5) is 8.85. The Bertz CT molecular complexity index is 901. The van der Waals surface area contributed by atoms with Crippen molar-refractivity contribution >= 4 is 17.5 Å². The molecule has 0 aliphatic carbocycles. The molecule has 5 heteroatoms. The van der Waals surface area contributed by atoms with Crippen LogP contribution in [0.5, 0.6) is 5.75 Å². The van der Waals surface area contributed by atoms with Gasteiger partial charge in [-0.25, -0.2) is 4.98 Å². The lowest BCUT2D eigenvalue weighted by atomic mass is 9.87. The Morgan fingerprint density at radius 2 is 1.79 bits per heavy atom. The number of methoxy groups -OCH3 is 1. The molecule has 0 unspecified atom stereocenters. The lowest BCUT2D eigenvalue weighted by Gasteiger charge is -2.19. The average Bonchev–Trinajstić information content (AvgIpc) is 2.68.